The van der Waals surface area contributed by atoms with Crippen LogP contribution >= 0.6 is 0 Å². The van der Waals surface area contributed by atoms with Crippen molar-refractivity contribution >= 4 is 92.9 Å². The predicted octanol–water partition coefficient (Wildman–Crippen LogP) is -0.214. The van der Waals surface area contributed by atoms with Crippen LogP contribution in [-0.2, 0) is 0 Å². The molecular formula is C8H8KNaO4. The van der Waals surface area contributed by atoms with Crippen molar-refractivity contribution in [3.05, 3.63) is 35.4 Å². The van der Waals surface area contributed by atoms with E-state index in [9.17, 15) is 9.59 Å². The molecular weight excluding hydrogens is 222 g/mol. The first-order chi connectivity index (χ1) is 5.61. The Kier molecular flexibility index (Phi) is 9.84. The molecule has 66 valence electrons. The topological polar surface area (TPSA) is 74.6 Å². The number of hydrogen-bond acceptors (Lipinski definition) is 2. The fourth-order valence-electron chi connectivity index (χ4n) is 0.755. The summed E-state index contributed by atoms with van der Waals surface area (Å²) in [5.74, 6) is -2.13. The molecule has 0 bridgehead atoms. The number of hydrogen-bond donors (Lipinski definition) is 2. The summed E-state index contributed by atoms with van der Waals surface area (Å²) in [4.78, 5) is 20.7. The fourth-order valence-corrected chi connectivity index (χ4v) is 0.755. The van der Waals surface area contributed by atoms with Crippen LogP contribution in [0.2, 0.25) is 0 Å². The van der Waals surface area contributed by atoms with E-state index in [0.717, 1.165) is 0 Å². The van der Waals surface area contributed by atoms with Crippen LogP contribution in [0.3, 0.4) is 0 Å². The van der Waals surface area contributed by atoms with Gasteiger partial charge in [0.25, 0.3) is 0 Å². The molecule has 0 radical (unpaired) electrons. The SMILES string of the molecule is O=C(O)c1ccc(C(=O)O)cc1.[KH].[NaH]. The van der Waals surface area contributed by atoms with Crippen LogP contribution in [0.4, 0.5) is 0 Å². The number of aromatic carboxylic acids is 2. The molecule has 14 heavy (non-hydrogen) atoms. The van der Waals surface area contributed by atoms with Crippen LogP contribution < -0.4 is 0 Å². The summed E-state index contributed by atoms with van der Waals surface area (Å²) in [6.45, 7) is 0. The average Bonchev–Trinajstić information content (AvgIpc) is 2.04. The van der Waals surface area contributed by atoms with Crippen molar-refractivity contribution in [2.45, 2.75) is 0 Å². The van der Waals surface area contributed by atoms with E-state index in [4.69, 9.17) is 10.2 Å². The third-order valence-corrected chi connectivity index (χ3v) is 1.38. The van der Waals surface area contributed by atoms with Crippen molar-refractivity contribution in [2.75, 3.05) is 0 Å². The van der Waals surface area contributed by atoms with E-state index in [-0.39, 0.29) is 92.1 Å². The van der Waals surface area contributed by atoms with Gasteiger partial charge in [-0.25, -0.2) is 9.59 Å². The molecule has 0 aliphatic carbocycles. The molecule has 0 aromatic heterocycles. The first-order valence-electron chi connectivity index (χ1n) is 3.18. The van der Waals surface area contributed by atoms with Gasteiger partial charge in [-0.05, 0) is 24.3 Å². The Morgan fingerprint density at radius 3 is 1.21 bits per heavy atom. The summed E-state index contributed by atoms with van der Waals surface area (Å²) >= 11 is 0. The standard InChI is InChI=1S/C8H6O4.K.Na.2H/c9-7(10)5-1-2-6(4-3-5)8(11)12;;;;/h1-4H,(H,9,10)(H,11,12);;;;. The molecule has 0 saturated carbocycles. The molecule has 6 heteroatoms. The molecule has 4 nitrogen and oxygen atoms in total. The van der Waals surface area contributed by atoms with Gasteiger partial charge in [-0.3, -0.25) is 0 Å². The van der Waals surface area contributed by atoms with E-state index >= 15 is 0 Å². The number of benzene rings is 1. The normalized spacial score (nSPS) is 8.00. The van der Waals surface area contributed by atoms with E-state index in [1.807, 2.05) is 0 Å². The zero-order chi connectivity index (χ0) is 9.14. The minimum atomic E-state index is -1.06. The van der Waals surface area contributed by atoms with Crippen LogP contribution in [-0.4, -0.2) is 103 Å². The molecule has 0 atom stereocenters. The predicted molar refractivity (Wildman–Crippen MR) is 54.7 cm³/mol. The van der Waals surface area contributed by atoms with E-state index < -0.39 is 11.9 Å². The third kappa shape index (κ3) is 5.04. The van der Waals surface area contributed by atoms with Crippen LogP contribution in [0.25, 0.3) is 0 Å². The maximum atomic E-state index is 10.3. The Morgan fingerprint density at radius 1 is 0.857 bits per heavy atom. The summed E-state index contributed by atoms with van der Waals surface area (Å²) in [6, 6.07) is 5.02. The van der Waals surface area contributed by atoms with Gasteiger partial charge < -0.3 is 10.2 Å². The van der Waals surface area contributed by atoms with E-state index in [2.05, 4.69) is 0 Å². The number of carbonyl (C=O) groups is 2. The molecule has 0 fully saturated rings. The van der Waals surface area contributed by atoms with Gasteiger partial charge in [0.2, 0.25) is 0 Å². The van der Waals surface area contributed by atoms with Gasteiger partial charge in [-0.2, -0.15) is 0 Å². The average molecular weight is 230 g/mol. The first-order valence-corrected chi connectivity index (χ1v) is 3.18. The molecule has 1 aromatic carbocycles. The van der Waals surface area contributed by atoms with Gasteiger partial charge >= 0.3 is 92.9 Å². The first kappa shape index (κ1) is 17.2. The quantitative estimate of drug-likeness (QED) is 0.689. The summed E-state index contributed by atoms with van der Waals surface area (Å²) in [5, 5.41) is 16.9. The molecule has 1 aromatic rings. The van der Waals surface area contributed by atoms with Gasteiger partial charge in [0.15, 0.2) is 0 Å². The Labute approximate surface area is 145 Å². The Hall–Kier alpha value is 0.796. The number of carboxylic acid groups (broad SMARTS) is 2. The summed E-state index contributed by atoms with van der Waals surface area (Å²) in [7, 11) is 0. The van der Waals surface area contributed by atoms with Crippen molar-refractivity contribution in [3.8, 4) is 0 Å². The van der Waals surface area contributed by atoms with Gasteiger partial charge in [-0.15, -0.1) is 0 Å². The molecule has 0 saturated heterocycles. The van der Waals surface area contributed by atoms with Crippen molar-refractivity contribution in [1.82, 2.24) is 0 Å². The zero-order valence-corrected chi connectivity index (χ0v) is 6.02. The maximum absolute atomic E-state index is 10.3. The third-order valence-electron chi connectivity index (χ3n) is 1.38. The summed E-state index contributed by atoms with van der Waals surface area (Å²) in [6.07, 6.45) is 0. The minimum absolute atomic E-state index is 0. The number of carboxylic acids is 2. The van der Waals surface area contributed by atoms with Crippen LogP contribution in [0, 0.1) is 0 Å². The number of rotatable bonds is 2. The van der Waals surface area contributed by atoms with Crippen LogP contribution in [0.5, 0.6) is 0 Å². The molecule has 0 aliphatic heterocycles. The van der Waals surface area contributed by atoms with Crippen LogP contribution in [0.15, 0.2) is 24.3 Å². The molecule has 0 spiro atoms. The second-order valence-corrected chi connectivity index (χ2v) is 2.19. The van der Waals surface area contributed by atoms with Crippen molar-refractivity contribution in [1.29, 1.82) is 0 Å². The van der Waals surface area contributed by atoms with Gasteiger partial charge in [0, 0.05) is 0 Å². The van der Waals surface area contributed by atoms with Crippen molar-refractivity contribution in [2.24, 2.45) is 0 Å². The molecule has 0 amide bonds. The van der Waals surface area contributed by atoms with Gasteiger partial charge in [0.1, 0.15) is 0 Å². The Morgan fingerprint density at radius 2 is 1.07 bits per heavy atom. The molecule has 0 heterocycles. The van der Waals surface area contributed by atoms with Crippen molar-refractivity contribution in [3.63, 3.8) is 0 Å². The van der Waals surface area contributed by atoms with E-state index in [1.54, 1.807) is 0 Å². The van der Waals surface area contributed by atoms with Crippen molar-refractivity contribution < 1.29 is 19.8 Å². The Bertz CT molecular complexity index is 290. The monoisotopic (exact) mass is 230 g/mol. The van der Waals surface area contributed by atoms with Gasteiger partial charge in [-0.1, -0.05) is 0 Å². The molecule has 2 N–H and O–H groups in total. The van der Waals surface area contributed by atoms with E-state index in [0.29, 0.717) is 0 Å². The van der Waals surface area contributed by atoms with Crippen LogP contribution in [0.1, 0.15) is 20.7 Å². The zero-order valence-electron chi connectivity index (χ0n) is 6.02. The second-order valence-electron chi connectivity index (χ2n) is 2.19. The van der Waals surface area contributed by atoms with E-state index in [1.165, 1.54) is 24.3 Å². The summed E-state index contributed by atoms with van der Waals surface area (Å²) < 4.78 is 0. The fraction of sp³-hybridized carbons (Fsp3) is 0. The molecule has 0 aliphatic rings. The Balaban J connectivity index is 0. The second kappa shape index (κ2) is 8.01. The van der Waals surface area contributed by atoms with Gasteiger partial charge in [0.05, 0.1) is 11.1 Å². The molecule has 0 unspecified atom stereocenters. The summed E-state index contributed by atoms with van der Waals surface area (Å²) in [5.41, 5.74) is 0.167. The molecule has 1 rings (SSSR count).